The van der Waals surface area contributed by atoms with Gasteiger partial charge in [-0.1, -0.05) is 23.2 Å². The topological polar surface area (TPSA) is 69.6 Å². The Kier molecular flexibility index (Phi) is 4.96. The van der Waals surface area contributed by atoms with Crippen molar-refractivity contribution in [2.45, 2.75) is 25.8 Å². The summed E-state index contributed by atoms with van der Waals surface area (Å²) in [6, 6.07) is 2.81. The van der Waals surface area contributed by atoms with Gasteiger partial charge in [0, 0.05) is 31.1 Å². The van der Waals surface area contributed by atoms with E-state index in [4.69, 9.17) is 23.2 Å². The fourth-order valence-corrected chi connectivity index (χ4v) is 3.01. The molecule has 0 aromatic heterocycles. The minimum absolute atomic E-state index is 0.0686. The first-order valence-electron chi connectivity index (χ1n) is 6.63. The van der Waals surface area contributed by atoms with Crippen LogP contribution in [-0.4, -0.2) is 41.0 Å². The van der Waals surface area contributed by atoms with Crippen molar-refractivity contribution in [1.82, 2.24) is 10.2 Å². The SMILES string of the molecule is CC(=O)NC1CCN(C(=O)c2c(O)cc(Cl)cc2Cl)CC1. The Morgan fingerprint density at radius 2 is 1.90 bits per heavy atom. The van der Waals surface area contributed by atoms with Crippen LogP contribution < -0.4 is 5.32 Å². The van der Waals surface area contributed by atoms with E-state index in [0.29, 0.717) is 25.9 Å². The van der Waals surface area contributed by atoms with E-state index in [1.165, 1.54) is 19.1 Å². The van der Waals surface area contributed by atoms with Crippen LogP contribution in [0.3, 0.4) is 0 Å². The summed E-state index contributed by atoms with van der Waals surface area (Å²) in [5.74, 6) is -0.616. The molecule has 1 heterocycles. The van der Waals surface area contributed by atoms with Crippen LogP contribution in [0.2, 0.25) is 10.0 Å². The van der Waals surface area contributed by atoms with Gasteiger partial charge in [-0.15, -0.1) is 0 Å². The van der Waals surface area contributed by atoms with E-state index >= 15 is 0 Å². The highest BCUT2D eigenvalue weighted by atomic mass is 35.5. The van der Waals surface area contributed by atoms with Crippen LogP contribution in [0.1, 0.15) is 30.1 Å². The molecule has 0 saturated carbocycles. The van der Waals surface area contributed by atoms with Crippen molar-refractivity contribution in [3.05, 3.63) is 27.7 Å². The molecule has 1 fully saturated rings. The van der Waals surface area contributed by atoms with Crippen LogP contribution in [0.5, 0.6) is 5.75 Å². The Morgan fingerprint density at radius 1 is 1.29 bits per heavy atom. The number of phenolic OH excluding ortho intramolecular Hbond substituents is 1. The van der Waals surface area contributed by atoms with Crippen LogP contribution in [0.4, 0.5) is 0 Å². The molecule has 0 bridgehead atoms. The quantitative estimate of drug-likeness (QED) is 0.874. The van der Waals surface area contributed by atoms with Gasteiger partial charge in [0.25, 0.3) is 5.91 Å². The van der Waals surface area contributed by atoms with E-state index in [-0.39, 0.29) is 39.2 Å². The lowest BCUT2D eigenvalue weighted by Gasteiger charge is -2.32. The maximum absolute atomic E-state index is 12.4. The number of hydrogen-bond donors (Lipinski definition) is 2. The second-order valence-corrected chi connectivity index (χ2v) is 5.89. The number of phenols is 1. The number of aromatic hydroxyl groups is 1. The molecule has 21 heavy (non-hydrogen) atoms. The lowest BCUT2D eigenvalue weighted by atomic mass is 10.0. The van der Waals surface area contributed by atoms with Gasteiger partial charge in [0.15, 0.2) is 0 Å². The van der Waals surface area contributed by atoms with Gasteiger partial charge in [-0.05, 0) is 25.0 Å². The highest BCUT2D eigenvalue weighted by Crippen LogP contribution is 2.31. The molecular formula is C14H16Cl2N2O3. The van der Waals surface area contributed by atoms with E-state index in [9.17, 15) is 14.7 Å². The van der Waals surface area contributed by atoms with Gasteiger partial charge in [0.1, 0.15) is 5.75 Å². The van der Waals surface area contributed by atoms with E-state index in [1.807, 2.05) is 0 Å². The Bertz CT molecular complexity index is 546. The summed E-state index contributed by atoms with van der Waals surface area (Å²) < 4.78 is 0. The molecule has 0 atom stereocenters. The van der Waals surface area contributed by atoms with Gasteiger partial charge < -0.3 is 15.3 Å². The number of carbonyl (C=O) groups excluding carboxylic acids is 2. The molecule has 1 aliphatic rings. The van der Waals surface area contributed by atoms with Crippen molar-refractivity contribution in [2.75, 3.05) is 13.1 Å². The second kappa shape index (κ2) is 6.54. The molecule has 0 spiro atoms. The van der Waals surface area contributed by atoms with Crippen LogP contribution >= 0.6 is 23.2 Å². The smallest absolute Gasteiger partial charge is 0.259 e. The number of halogens is 2. The number of carbonyl (C=O) groups is 2. The highest BCUT2D eigenvalue weighted by Gasteiger charge is 2.27. The number of hydrogen-bond acceptors (Lipinski definition) is 3. The number of nitrogens with one attached hydrogen (secondary N) is 1. The standard InChI is InChI=1S/C14H16Cl2N2O3/c1-8(19)17-10-2-4-18(5-3-10)14(21)13-11(16)6-9(15)7-12(13)20/h6-7,10,20H,2-5H2,1H3,(H,17,19). The van der Waals surface area contributed by atoms with Crippen molar-refractivity contribution in [3.63, 3.8) is 0 Å². The Hall–Kier alpha value is -1.46. The summed E-state index contributed by atoms with van der Waals surface area (Å²) in [6.07, 6.45) is 1.36. The molecule has 1 saturated heterocycles. The zero-order valence-corrected chi connectivity index (χ0v) is 13.0. The minimum atomic E-state index is -0.324. The molecule has 0 aliphatic carbocycles. The van der Waals surface area contributed by atoms with Crippen molar-refractivity contribution >= 4 is 35.0 Å². The molecule has 0 radical (unpaired) electrons. The summed E-state index contributed by atoms with van der Waals surface area (Å²) in [5, 5.41) is 13.1. The van der Waals surface area contributed by atoms with Crippen LogP contribution in [0.25, 0.3) is 0 Å². The zero-order chi connectivity index (χ0) is 15.6. The summed E-state index contributed by atoms with van der Waals surface area (Å²) in [7, 11) is 0. The molecule has 114 valence electrons. The third-order valence-electron chi connectivity index (χ3n) is 3.44. The third kappa shape index (κ3) is 3.80. The maximum Gasteiger partial charge on any atom is 0.259 e. The number of rotatable bonds is 2. The second-order valence-electron chi connectivity index (χ2n) is 5.05. The molecule has 0 unspecified atom stereocenters. The predicted molar refractivity (Wildman–Crippen MR) is 80.9 cm³/mol. The van der Waals surface area contributed by atoms with Gasteiger partial charge in [0.2, 0.25) is 5.91 Å². The Labute approximate surface area is 132 Å². The highest BCUT2D eigenvalue weighted by molar-refractivity contribution is 6.37. The van der Waals surface area contributed by atoms with Crippen LogP contribution in [-0.2, 0) is 4.79 Å². The van der Waals surface area contributed by atoms with Crippen molar-refractivity contribution in [3.8, 4) is 5.75 Å². The van der Waals surface area contributed by atoms with Crippen molar-refractivity contribution in [2.24, 2.45) is 0 Å². The van der Waals surface area contributed by atoms with Gasteiger partial charge in [0.05, 0.1) is 10.6 Å². The molecule has 1 aromatic rings. The van der Waals surface area contributed by atoms with Crippen molar-refractivity contribution in [1.29, 1.82) is 0 Å². The Morgan fingerprint density at radius 3 is 2.43 bits per heavy atom. The largest absolute Gasteiger partial charge is 0.507 e. The normalized spacial score (nSPS) is 15.9. The number of amides is 2. The minimum Gasteiger partial charge on any atom is -0.507 e. The molecular weight excluding hydrogens is 315 g/mol. The predicted octanol–water partition coefficient (Wildman–Crippen LogP) is 2.44. The number of benzene rings is 1. The number of piperidine rings is 1. The first kappa shape index (κ1) is 15.9. The monoisotopic (exact) mass is 330 g/mol. The van der Waals surface area contributed by atoms with E-state index in [1.54, 1.807) is 4.90 Å². The molecule has 2 rings (SSSR count). The first-order chi connectivity index (χ1) is 9.88. The van der Waals surface area contributed by atoms with E-state index in [2.05, 4.69) is 5.32 Å². The third-order valence-corrected chi connectivity index (χ3v) is 3.95. The van der Waals surface area contributed by atoms with Gasteiger partial charge >= 0.3 is 0 Å². The van der Waals surface area contributed by atoms with Crippen LogP contribution in [0.15, 0.2) is 12.1 Å². The fraction of sp³-hybridized carbons (Fsp3) is 0.429. The van der Waals surface area contributed by atoms with E-state index in [0.717, 1.165) is 0 Å². The lowest BCUT2D eigenvalue weighted by Crippen LogP contribution is -2.46. The summed E-state index contributed by atoms with van der Waals surface area (Å²) in [4.78, 5) is 25.1. The van der Waals surface area contributed by atoms with Crippen molar-refractivity contribution < 1.29 is 14.7 Å². The number of likely N-dealkylation sites (tertiary alicyclic amines) is 1. The molecule has 2 N–H and O–H groups in total. The zero-order valence-electron chi connectivity index (χ0n) is 11.5. The first-order valence-corrected chi connectivity index (χ1v) is 7.38. The summed E-state index contributed by atoms with van der Waals surface area (Å²) >= 11 is 11.8. The summed E-state index contributed by atoms with van der Waals surface area (Å²) in [6.45, 7) is 2.48. The van der Waals surface area contributed by atoms with Gasteiger partial charge in [-0.3, -0.25) is 9.59 Å². The lowest BCUT2D eigenvalue weighted by molar-refractivity contribution is -0.119. The summed E-state index contributed by atoms with van der Waals surface area (Å²) in [5.41, 5.74) is 0.0686. The van der Waals surface area contributed by atoms with E-state index < -0.39 is 0 Å². The van der Waals surface area contributed by atoms with Gasteiger partial charge in [-0.2, -0.15) is 0 Å². The maximum atomic E-state index is 12.4. The average molecular weight is 331 g/mol. The molecule has 5 nitrogen and oxygen atoms in total. The number of nitrogens with zero attached hydrogens (tertiary/aromatic N) is 1. The molecule has 2 amide bonds. The Balaban J connectivity index is 2.07. The molecule has 1 aliphatic heterocycles. The van der Waals surface area contributed by atoms with Gasteiger partial charge in [-0.25, -0.2) is 0 Å². The van der Waals surface area contributed by atoms with Crippen LogP contribution in [0, 0.1) is 0 Å². The molecule has 7 heteroatoms. The fourth-order valence-electron chi connectivity index (χ4n) is 2.44. The molecule has 1 aromatic carbocycles. The average Bonchev–Trinajstić information content (AvgIpc) is 2.37.